The Balaban J connectivity index is 1.50. The third-order valence-corrected chi connectivity index (χ3v) is 4.50. The van der Waals surface area contributed by atoms with Crippen LogP contribution in [0.1, 0.15) is 28.8 Å². The molecule has 2 N–H and O–H groups in total. The van der Waals surface area contributed by atoms with Crippen molar-refractivity contribution in [2.45, 2.75) is 19.4 Å². The van der Waals surface area contributed by atoms with Crippen molar-refractivity contribution >= 4 is 40.9 Å². The minimum atomic E-state index is -0.397. The first-order valence-electron chi connectivity index (χ1n) is 8.68. The number of hydrogen-bond acceptors (Lipinski definition) is 4. The Hall–Kier alpha value is -3.19. The highest BCUT2D eigenvalue weighted by Crippen LogP contribution is 2.16. The molecule has 0 bridgehead atoms. The van der Waals surface area contributed by atoms with Crippen molar-refractivity contribution in [3.8, 4) is 0 Å². The number of imide groups is 1. The average molecular weight is 400 g/mol. The number of carbonyl (C=O) groups is 4. The summed E-state index contributed by atoms with van der Waals surface area (Å²) in [6, 6.07) is 13.2. The maximum absolute atomic E-state index is 12.2. The summed E-state index contributed by atoms with van der Waals surface area (Å²) in [5.41, 5.74) is 1.71. The summed E-state index contributed by atoms with van der Waals surface area (Å²) in [5.74, 6) is -1.12. The van der Waals surface area contributed by atoms with E-state index in [2.05, 4.69) is 10.6 Å². The van der Waals surface area contributed by atoms with Gasteiger partial charge in [-0.2, -0.15) is 0 Å². The maximum atomic E-state index is 12.2. The van der Waals surface area contributed by atoms with Gasteiger partial charge in [-0.25, -0.2) is 0 Å². The number of nitrogens with zero attached hydrogens (tertiary/aromatic N) is 1. The molecule has 1 saturated heterocycles. The lowest BCUT2D eigenvalue weighted by atomic mass is 10.1. The molecular weight excluding hydrogens is 382 g/mol. The van der Waals surface area contributed by atoms with Crippen LogP contribution in [0.2, 0.25) is 5.02 Å². The minimum absolute atomic E-state index is 0.181. The van der Waals surface area contributed by atoms with E-state index in [4.69, 9.17) is 11.6 Å². The van der Waals surface area contributed by atoms with Crippen molar-refractivity contribution in [2.75, 3.05) is 11.9 Å². The second kappa shape index (κ2) is 8.67. The standard InChI is InChI=1S/C20H18ClN3O4/c21-15-5-7-16(8-6-15)23-17(25)11-22-20(28)14-3-1-13(2-4-14)12-24-18(26)9-10-19(24)27/h1-8H,9-12H2,(H,22,28)(H,23,25). The van der Waals surface area contributed by atoms with Crippen LogP contribution < -0.4 is 10.6 Å². The maximum Gasteiger partial charge on any atom is 0.251 e. The zero-order valence-corrected chi connectivity index (χ0v) is 15.7. The number of carbonyl (C=O) groups excluding carboxylic acids is 4. The van der Waals surface area contributed by atoms with Gasteiger partial charge in [-0.1, -0.05) is 23.7 Å². The van der Waals surface area contributed by atoms with Gasteiger partial charge in [0.1, 0.15) is 0 Å². The van der Waals surface area contributed by atoms with Crippen molar-refractivity contribution in [1.82, 2.24) is 10.2 Å². The first-order chi connectivity index (χ1) is 13.4. The van der Waals surface area contributed by atoms with Crippen LogP contribution in [0.4, 0.5) is 5.69 Å². The van der Waals surface area contributed by atoms with Crippen molar-refractivity contribution < 1.29 is 19.2 Å². The summed E-state index contributed by atoms with van der Waals surface area (Å²) in [6.07, 6.45) is 0.495. The van der Waals surface area contributed by atoms with Crippen LogP contribution in [0, 0.1) is 0 Å². The van der Waals surface area contributed by atoms with Crippen LogP contribution in [0.5, 0.6) is 0 Å². The molecule has 7 nitrogen and oxygen atoms in total. The first-order valence-corrected chi connectivity index (χ1v) is 9.06. The SMILES string of the molecule is O=C(CNC(=O)c1ccc(CN2C(=O)CCC2=O)cc1)Nc1ccc(Cl)cc1. The molecule has 1 heterocycles. The first kappa shape index (κ1) is 19.6. The van der Waals surface area contributed by atoms with E-state index in [1.807, 2.05) is 0 Å². The van der Waals surface area contributed by atoms with Crippen molar-refractivity contribution in [2.24, 2.45) is 0 Å². The van der Waals surface area contributed by atoms with E-state index in [1.165, 1.54) is 4.90 Å². The lowest BCUT2D eigenvalue weighted by Crippen LogP contribution is -2.32. The van der Waals surface area contributed by atoms with E-state index in [-0.39, 0.29) is 43.7 Å². The molecule has 0 aromatic heterocycles. The predicted octanol–water partition coefficient (Wildman–Crippen LogP) is 2.36. The van der Waals surface area contributed by atoms with Gasteiger partial charge in [0, 0.05) is 29.1 Å². The Morgan fingerprint density at radius 2 is 1.54 bits per heavy atom. The van der Waals surface area contributed by atoms with Crippen LogP contribution in [0.25, 0.3) is 0 Å². The molecule has 1 aliphatic heterocycles. The van der Waals surface area contributed by atoms with Gasteiger partial charge in [-0.05, 0) is 42.0 Å². The fourth-order valence-electron chi connectivity index (χ4n) is 2.74. The number of rotatable bonds is 6. The van der Waals surface area contributed by atoms with Gasteiger partial charge in [0.2, 0.25) is 17.7 Å². The number of halogens is 1. The highest BCUT2D eigenvalue weighted by atomic mass is 35.5. The Bertz CT molecular complexity index is 894. The molecule has 4 amide bonds. The molecule has 0 spiro atoms. The summed E-state index contributed by atoms with van der Waals surface area (Å²) in [7, 11) is 0. The van der Waals surface area contributed by atoms with E-state index in [0.717, 1.165) is 5.56 Å². The molecule has 0 atom stereocenters. The molecule has 144 valence electrons. The minimum Gasteiger partial charge on any atom is -0.343 e. The normalized spacial score (nSPS) is 13.5. The molecule has 2 aromatic rings. The fraction of sp³-hybridized carbons (Fsp3) is 0.200. The molecule has 28 heavy (non-hydrogen) atoms. The molecule has 0 unspecified atom stereocenters. The third-order valence-electron chi connectivity index (χ3n) is 4.25. The van der Waals surface area contributed by atoms with Crippen LogP contribution in [-0.4, -0.2) is 35.1 Å². The summed E-state index contributed by atoms with van der Waals surface area (Å²) in [4.78, 5) is 48.6. The number of hydrogen-bond donors (Lipinski definition) is 2. The fourth-order valence-corrected chi connectivity index (χ4v) is 2.87. The van der Waals surface area contributed by atoms with E-state index < -0.39 is 5.91 Å². The van der Waals surface area contributed by atoms with Crippen molar-refractivity contribution in [3.63, 3.8) is 0 Å². The summed E-state index contributed by atoms with van der Waals surface area (Å²) in [6.45, 7) is 0.0169. The molecule has 3 rings (SSSR count). The van der Waals surface area contributed by atoms with Crippen LogP contribution in [-0.2, 0) is 20.9 Å². The molecule has 1 fully saturated rings. The molecule has 1 aliphatic rings. The molecule has 0 saturated carbocycles. The molecule has 2 aromatic carbocycles. The zero-order valence-electron chi connectivity index (χ0n) is 14.9. The topological polar surface area (TPSA) is 95.6 Å². The van der Waals surface area contributed by atoms with E-state index in [0.29, 0.717) is 16.3 Å². The molecule has 8 heteroatoms. The summed E-state index contributed by atoms with van der Waals surface area (Å²) < 4.78 is 0. The van der Waals surface area contributed by atoms with E-state index in [9.17, 15) is 19.2 Å². The lowest BCUT2D eigenvalue weighted by Gasteiger charge is -2.14. The smallest absolute Gasteiger partial charge is 0.251 e. The number of amides is 4. The van der Waals surface area contributed by atoms with Gasteiger partial charge in [-0.15, -0.1) is 0 Å². The Morgan fingerprint density at radius 1 is 0.929 bits per heavy atom. The second-order valence-corrected chi connectivity index (χ2v) is 6.74. The number of anilines is 1. The van der Waals surface area contributed by atoms with Gasteiger partial charge in [0.25, 0.3) is 5.91 Å². The van der Waals surface area contributed by atoms with Crippen molar-refractivity contribution in [1.29, 1.82) is 0 Å². The molecule has 0 aliphatic carbocycles. The third kappa shape index (κ3) is 4.95. The predicted molar refractivity (Wildman–Crippen MR) is 104 cm³/mol. The number of likely N-dealkylation sites (tertiary alicyclic amines) is 1. The van der Waals surface area contributed by atoms with E-state index >= 15 is 0 Å². The van der Waals surface area contributed by atoms with Crippen LogP contribution >= 0.6 is 11.6 Å². The highest BCUT2D eigenvalue weighted by molar-refractivity contribution is 6.30. The lowest BCUT2D eigenvalue weighted by molar-refractivity contribution is -0.139. The van der Waals surface area contributed by atoms with E-state index in [1.54, 1.807) is 48.5 Å². The van der Waals surface area contributed by atoms with Gasteiger partial charge in [0.05, 0.1) is 13.1 Å². The zero-order chi connectivity index (χ0) is 20.1. The van der Waals surface area contributed by atoms with Crippen LogP contribution in [0.15, 0.2) is 48.5 Å². The molecule has 0 radical (unpaired) electrons. The number of benzene rings is 2. The summed E-state index contributed by atoms with van der Waals surface area (Å²) >= 11 is 5.79. The second-order valence-electron chi connectivity index (χ2n) is 6.31. The Labute approximate surface area is 166 Å². The molecular formula is C20H18ClN3O4. The van der Waals surface area contributed by atoms with Gasteiger partial charge < -0.3 is 10.6 Å². The monoisotopic (exact) mass is 399 g/mol. The number of nitrogens with one attached hydrogen (secondary N) is 2. The largest absolute Gasteiger partial charge is 0.343 e. The van der Waals surface area contributed by atoms with Gasteiger partial charge in [0.15, 0.2) is 0 Å². The summed E-state index contributed by atoms with van der Waals surface area (Å²) in [5, 5.41) is 5.76. The average Bonchev–Trinajstić information content (AvgIpc) is 3.00. The quantitative estimate of drug-likeness (QED) is 0.729. The van der Waals surface area contributed by atoms with Gasteiger partial charge >= 0.3 is 0 Å². The highest BCUT2D eigenvalue weighted by Gasteiger charge is 2.28. The van der Waals surface area contributed by atoms with Crippen LogP contribution in [0.3, 0.4) is 0 Å². The Morgan fingerprint density at radius 3 is 2.14 bits per heavy atom. The van der Waals surface area contributed by atoms with Gasteiger partial charge in [-0.3, -0.25) is 24.1 Å². The Kier molecular flexibility index (Phi) is 6.06. The van der Waals surface area contributed by atoms with Crippen molar-refractivity contribution in [3.05, 3.63) is 64.7 Å².